The number of hydrogen-bond donors (Lipinski definition) is 1. The normalized spacial score (nSPS) is 15.6. The summed E-state index contributed by atoms with van der Waals surface area (Å²) >= 11 is 0. The number of benzene rings is 1. The van der Waals surface area contributed by atoms with Gasteiger partial charge in [-0.2, -0.15) is 0 Å². The van der Waals surface area contributed by atoms with Crippen LogP contribution >= 0.6 is 0 Å². The highest BCUT2D eigenvalue weighted by Crippen LogP contribution is 2.24. The van der Waals surface area contributed by atoms with Gasteiger partial charge in [-0.1, -0.05) is 6.08 Å². The first kappa shape index (κ1) is 22.1. The lowest BCUT2D eigenvalue weighted by Gasteiger charge is -2.25. The zero-order valence-corrected chi connectivity index (χ0v) is 17.6. The molecule has 33 heavy (non-hydrogen) atoms. The van der Waals surface area contributed by atoms with Crippen molar-refractivity contribution in [2.45, 2.75) is 19.3 Å². The molecule has 0 saturated heterocycles. The lowest BCUT2D eigenvalue weighted by molar-refractivity contribution is -0.385. The number of hydrogen-bond acceptors (Lipinski definition) is 6. The van der Waals surface area contributed by atoms with E-state index in [1.165, 1.54) is 18.2 Å². The van der Waals surface area contributed by atoms with E-state index in [1.807, 2.05) is 12.1 Å². The van der Waals surface area contributed by atoms with E-state index in [0.29, 0.717) is 38.2 Å². The molecule has 0 bridgehead atoms. The minimum atomic E-state index is -0.790. The summed E-state index contributed by atoms with van der Waals surface area (Å²) in [7, 11) is 0. The Kier molecular flexibility index (Phi) is 6.43. The Balaban J connectivity index is 1.30. The van der Waals surface area contributed by atoms with E-state index in [4.69, 9.17) is 4.74 Å². The minimum absolute atomic E-state index is 0.0470. The van der Waals surface area contributed by atoms with Gasteiger partial charge in [-0.25, -0.2) is 9.37 Å². The SMILES string of the molecule is O=C1CCc2cc(/C=C/C(=O)N3CC=C(COc4ccc([N+](=O)[O-])cc4F)CC3)cnc2N1. The van der Waals surface area contributed by atoms with Crippen molar-refractivity contribution in [3.05, 3.63) is 75.2 Å². The van der Waals surface area contributed by atoms with Gasteiger partial charge in [-0.3, -0.25) is 19.7 Å². The molecule has 1 aromatic heterocycles. The predicted molar refractivity (Wildman–Crippen MR) is 118 cm³/mol. The summed E-state index contributed by atoms with van der Waals surface area (Å²) < 4.78 is 19.4. The van der Waals surface area contributed by atoms with Gasteiger partial charge in [0.1, 0.15) is 12.4 Å². The van der Waals surface area contributed by atoms with Crippen LogP contribution < -0.4 is 10.1 Å². The van der Waals surface area contributed by atoms with Crippen LogP contribution in [0.25, 0.3) is 6.08 Å². The van der Waals surface area contributed by atoms with E-state index in [9.17, 15) is 24.1 Å². The molecule has 10 heteroatoms. The van der Waals surface area contributed by atoms with Gasteiger partial charge in [0.15, 0.2) is 11.6 Å². The highest BCUT2D eigenvalue weighted by atomic mass is 19.1. The largest absolute Gasteiger partial charge is 0.486 e. The Labute approximate surface area is 188 Å². The number of nitrogens with one attached hydrogen (secondary N) is 1. The number of carbonyl (C=O) groups excluding carboxylic acids is 2. The van der Waals surface area contributed by atoms with Gasteiger partial charge < -0.3 is 15.0 Å². The number of non-ortho nitro benzene ring substituents is 1. The highest BCUT2D eigenvalue weighted by molar-refractivity contribution is 5.94. The van der Waals surface area contributed by atoms with Crippen molar-refractivity contribution in [1.29, 1.82) is 0 Å². The molecule has 0 atom stereocenters. The summed E-state index contributed by atoms with van der Waals surface area (Å²) in [5.74, 6) is -0.463. The van der Waals surface area contributed by atoms with Crippen molar-refractivity contribution in [1.82, 2.24) is 9.88 Å². The van der Waals surface area contributed by atoms with Crippen LogP contribution in [0.3, 0.4) is 0 Å². The van der Waals surface area contributed by atoms with Gasteiger partial charge in [0.05, 0.1) is 11.0 Å². The molecule has 2 aliphatic rings. The third kappa shape index (κ3) is 5.40. The number of aryl methyl sites for hydroxylation is 1. The van der Waals surface area contributed by atoms with Crippen LogP contribution in [0, 0.1) is 15.9 Å². The summed E-state index contributed by atoms with van der Waals surface area (Å²) in [5, 5.41) is 13.4. The summed E-state index contributed by atoms with van der Waals surface area (Å²) in [4.78, 5) is 39.9. The number of carbonyl (C=O) groups is 2. The van der Waals surface area contributed by atoms with E-state index in [2.05, 4.69) is 10.3 Å². The monoisotopic (exact) mass is 452 g/mol. The number of halogens is 1. The van der Waals surface area contributed by atoms with Crippen LogP contribution in [0.1, 0.15) is 24.0 Å². The molecule has 0 radical (unpaired) electrons. The molecule has 4 rings (SSSR count). The Morgan fingerprint density at radius 1 is 1.30 bits per heavy atom. The number of nitro groups is 1. The zero-order chi connectivity index (χ0) is 23.4. The number of nitrogens with zero attached hydrogens (tertiary/aromatic N) is 3. The summed E-state index contributed by atoms with van der Waals surface area (Å²) in [6.07, 6.45) is 8.28. The smallest absolute Gasteiger partial charge is 0.272 e. The van der Waals surface area contributed by atoms with Crippen LogP contribution in [-0.4, -0.2) is 46.3 Å². The molecule has 9 nitrogen and oxygen atoms in total. The van der Waals surface area contributed by atoms with Crippen LogP contribution in [0.4, 0.5) is 15.9 Å². The maximum Gasteiger partial charge on any atom is 0.272 e. The third-order valence-electron chi connectivity index (χ3n) is 5.44. The van der Waals surface area contributed by atoms with Crippen LogP contribution in [-0.2, 0) is 16.0 Å². The third-order valence-corrected chi connectivity index (χ3v) is 5.44. The van der Waals surface area contributed by atoms with E-state index >= 15 is 0 Å². The van der Waals surface area contributed by atoms with Crippen LogP contribution in [0.2, 0.25) is 0 Å². The molecule has 0 saturated carbocycles. The second-order valence-corrected chi connectivity index (χ2v) is 7.72. The molecular weight excluding hydrogens is 431 g/mol. The first-order valence-electron chi connectivity index (χ1n) is 10.4. The quantitative estimate of drug-likeness (QED) is 0.311. The maximum atomic E-state index is 13.9. The predicted octanol–water partition coefficient (Wildman–Crippen LogP) is 3.26. The first-order valence-corrected chi connectivity index (χ1v) is 10.4. The molecular formula is C23H21FN4O5. The van der Waals surface area contributed by atoms with Crippen molar-refractivity contribution >= 4 is 29.4 Å². The topological polar surface area (TPSA) is 115 Å². The Bertz CT molecular complexity index is 1180. The molecule has 2 aromatic rings. The van der Waals surface area contributed by atoms with Crippen LogP contribution in [0.15, 0.2) is 48.2 Å². The van der Waals surface area contributed by atoms with Gasteiger partial charge in [-0.15, -0.1) is 0 Å². The van der Waals surface area contributed by atoms with Crippen LogP contribution in [0.5, 0.6) is 5.75 Å². The lowest BCUT2D eigenvalue weighted by atomic mass is 10.0. The van der Waals surface area contributed by atoms with Gasteiger partial charge in [0, 0.05) is 37.8 Å². The van der Waals surface area contributed by atoms with Gasteiger partial charge in [-0.05, 0) is 47.8 Å². The fourth-order valence-corrected chi connectivity index (χ4v) is 3.57. The van der Waals surface area contributed by atoms with Gasteiger partial charge in [0.2, 0.25) is 11.8 Å². The average Bonchev–Trinajstić information content (AvgIpc) is 2.82. The number of anilines is 1. The highest BCUT2D eigenvalue weighted by Gasteiger charge is 2.18. The van der Waals surface area contributed by atoms with Gasteiger partial charge >= 0.3 is 0 Å². The fourth-order valence-electron chi connectivity index (χ4n) is 3.57. The van der Waals surface area contributed by atoms with Crippen molar-refractivity contribution in [3.63, 3.8) is 0 Å². The van der Waals surface area contributed by atoms with E-state index in [0.717, 1.165) is 22.8 Å². The van der Waals surface area contributed by atoms with Gasteiger partial charge in [0.25, 0.3) is 5.69 Å². The number of amides is 2. The zero-order valence-electron chi connectivity index (χ0n) is 17.6. The standard InChI is InChI=1S/C23H21FN4O5/c24-19-12-18(28(31)32)3-4-20(19)33-14-15-7-9-27(10-8-15)22(30)6-1-16-11-17-2-5-21(29)26-23(17)25-13-16/h1,3-4,6-7,11-13H,2,5,8-10,14H2,(H,25,26,29)/b6-1+. The summed E-state index contributed by atoms with van der Waals surface area (Å²) in [6, 6.07) is 5.16. The Morgan fingerprint density at radius 3 is 2.88 bits per heavy atom. The molecule has 170 valence electrons. The number of ether oxygens (including phenoxy) is 1. The molecule has 2 aliphatic heterocycles. The van der Waals surface area contributed by atoms with Crippen molar-refractivity contribution in [2.24, 2.45) is 0 Å². The minimum Gasteiger partial charge on any atom is -0.486 e. The molecule has 0 aliphatic carbocycles. The van der Waals surface area contributed by atoms with E-state index in [-0.39, 0.29) is 29.9 Å². The van der Waals surface area contributed by atoms with Crippen molar-refractivity contribution < 1.29 is 23.6 Å². The molecule has 1 N–H and O–H groups in total. The van der Waals surface area contributed by atoms with Crippen molar-refractivity contribution in [3.8, 4) is 5.75 Å². The summed E-state index contributed by atoms with van der Waals surface area (Å²) in [5.41, 5.74) is 2.31. The van der Waals surface area contributed by atoms with E-state index in [1.54, 1.807) is 17.2 Å². The van der Waals surface area contributed by atoms with Crippen molar-refractivity contribution in [2.75, 3.05) is 25.0 Å². The molecule has 3 heterocycles. The molecule has 0 unspecified atom stereocenters. The fraction of sp³-hybridized carbons (Fsp3) is 0.261. The second kappa shape index (κ2) is 9.60. The number of fused-ring (bicyclic) bond motifs is 1. The molecule has 0 fully saturated rings. The average molecular weight is 452 g/mol. The number of pyridine rings is 1. The number of nitro benzene ring substituents is 1. The second-order valence-electron chi connectivity index (χ2n) is 7.72. The Hall–Kier alpha value is -4.08. The Morgan fingerprint density at radius 2 is 2.15 bits per heavy atom. The molecule has 2 amide bonds. The lowest BCUT2D eigenvalue weighted by Crippen LogP contribution is -2.34. The van der Waals surface area contributed by atoms with E-state index < -0.39 is 10.7 Å². The molecule has 0 spiro atoms. The number of aromatic nitrogens is 1. The maximum absolute atomic E-state index is 13.9. The molecule has 1 aromatic carbocycles. The first-order chi connectivity index (χ1) is 15.9. The number of rotatable bonds is 6. The summed E-state index contributed by atoms with van der Waals surface area (Å²) in [6.45, 7) is 1.04.